The Morgan fingerprint density at radius 2 is 1.43 bits per heavy atom. The quantitative estimate of drug-likeness (QED) is 0.870. The summed E-state index contributed by atoms with van der Waals surface area (Å²) in [5.41, 5.74) is 2.97. The highest BCUT2D eigenvalue weighted by molar-refractivity contribution is 7.89. The molecule has 120 valence electrons. The highest BCUT2D eigenvalue weighted by Gasteiger charge is 2.40. The van der Waals surface area contributed by atoms with E-state index in [1.54, 1.807) is 24.3 Å². The number of rotatable bonds is 3. The summed E-state index contributed by atoms with van der Waals surface area (Å²) in [6.07, 6.45) is 0.521. The molecular weight excluding hydrogens is 310 g/mol. The Hall–Kier alpha value is -2.14. The predicted molar refractivity (Wildman–Crippen MR) is 88.6 cm³/mol. The average Bonchev–Trinajstić information content (AvgIpc) is 2.91. The van der Waals surface area contributed by atoms with E-state index in [9.17, 15) is 13.2 Å². The van der Waals surface area contributed by atoms with Gasteiger partial charge in [-0.3, -0.25) is 4.79 Å². The molecule has 1 aliphatic heterocycles. The monoisotopic (exact) mass is 329 g/mol. The van der Waals surface area contributed by atoms with Gasteiger partial charge in [0.15, 0.2) is 0 Å². The van der Waals surface area contributed by atoms with Crippen LogP contribution in [0.3, 0.4) is 0 Å². The van der Waals surface area contributed by atoms with Gasteiger partial charge in [0.25, 0.3) is 10.0 Å². The third-order valence-corrected chi connectivity index (χ3v) is 6.06. The molecule has 5 heteroatoms. The molecule has 1 atom stereocenters. The van der Waals surface area contributed by atoms with Crippen LogP contribution in [0.2, 0.25) is 0 Å². The lowest BCUT2D eigenvalue weighted by atomic mass is 9.97. The fourth-order valence-corrected chi connectivity index (χ4v) is 4.28. The molecule has 0 spiro atoms. The number of carbonyl (C=O) groups is 1. The van der Waals surface area contributed by atoms with Crippen molar-refractivity contribution in [1.82, 2.24) is 4.31 Å². The Kier molecular flexibility index (Phi) is 3.98. The first-order chi connectivity index (χ1) is 10.9. The normalized spacial score (nSPS) is 18.4. The minimum Gasteiger partial charge on any atom is -0.273 e. The van der Waals surface area contributed by atoms with E-state index in [0.717, 1.165) is 21.0 Å². The molecule has 0 saturated carbocycles. The molecule has 0 aromatic heterocycles. The van der Waals surface area contributed by atoms with Gasteiger partial charge in [0.05, 0.1) is 10.8 Å². The summed E-state index contributed by atoms with van der Waals surface area (Å²) in [7, 11) is -3.77. The average molecular weight is 329 g/mol. The number of hydrogen-bond donors (Lipinski definition) is 0. The van der Waals surface area contributed by atoms with E-state index < -0.39 is 10.0 Å². The maximum atomic E-state index is 12.7. The van der Waals surface area contributed by atoms with Crippen LogP contribution in [0.25, 0.3) is 0 Å². The van der Waals surface area contributed by atoms with Crippen LogP contribution < -0.4 is 0 Å². The van der Waals surface area contributed by atoms with Crippen molar-refractivity contribution in [2.24, 2.45) is 0 Å². The molecule has 0 aliphatic carbocycles. The first-order valence-electron chi connectivity index (χ1n) is 7.59. The predicted octanol–water partition coefficient (Wildman–Crippen LogP) is 3.01. The minimum atomic E-state index is -3.77. The number of nitrogens with zero attached hydrogens (tertiary/aromatic N) is 1. The second-order valence-corrected chi connectivity index (χ2v) is 7.84. The Morgan fingerprint density at radius 1 is 0.913 bits per heavy atom. The number of amides is 1. The second kappa shape index (κ2) is 5.81. The first-order valence-corrected chi connectivity index (χ1v) is 9.03. The highest BCUT2D eigenvalue weighted by Crippen LogP contribution is 2.32. The molecular formula is C18H19NO3S. The number of aryl methyl sites for hydroxylation is 2. The third-order valence-electron chi connectivity index (χ3n) is 4.25. The van der Waals surface area contributed by atoms with Gasteiger partial charge in [0.1, 0.15) is 0 Å². The van der Waals surface area contributed by atoms with Gasteiger partial charge in [0, 0.05) is 6.54 Å². The zero-order chi connectivity index (χ0) is 16.6. The standard InChI is InChI=1S/C18H19NO3S/c1-13-3-7-15(8-4-13)17-11-12-19(18(17)20)23(21,22)16-9-5-14(2)6-10-16/h3-10,17H,11-12H2,1-2H3. The molecule has 2 aromatic rings. The van der Waals surface area contributed by atoms with Gasteiger partial charge in [-0.15, -0.1) is 0 Å². The SMILES string of the molecule is Cc1ccc(C2CCN(S(=O)(=O)c3ccc(C)cc3)C2=O)cc1. The summed E-state index contributed by atoms with van der Waals surface area (Å²) in [6, 6.07) is 14.3. The molecule has 1 aliphatic rings. The molecule has 2 aromatic carbocycles. The van der Waals surface area contributed by atoms with E-state index >= 15 is 0 Å². The molecule has 1 saturated heterocycles. The van der Waals surface area contributed by atoms with Crippen LogP contribution in [0.5, 0.6) is 0 Å². The van der Waals surface area contributed by atoms with Crippen LogP contribution in [0.15, 0.2) is 53.4 Å². The summed E-state index contributed by atoms with van der Waals surface area (Å²) < 4.78 is 26.4. The maximum absolute atomic E-state index is 12.7. The summed E-state index contributed by atoms with van der Waals surface area (Å²) in [6.45, 7) is 4.10. The smallest absolute Gasteiger partial charge is 0.266 e. The summed E-state index contributed by atoms with van der Waals surface area (Å²) >= 11 is 0. The zero-order valence-corrected chi connectivity index (χ0v) is 14.0. The topological polar surface area (TPSA) is 54.5 Å². The fourth-order valence-electron chi connectivity index (χ4n) is 2.84. The van der Waals surface area contributed by atoms with Gasteiger partial charge in [0.2, 0.25) is 5.91 Å². The number of hydrogen-bond acceptors (Lipinski definition) is 3. The lowest BCUT2D eigenvalue weighted by Gasteiger charge is -2.17. The molecule has 3 rings (SSSR count). The van der Waals surface area contributed by atoms with E-state index in [-0.39, 0.29) is 23.3 Å². The van der Waals surface area contributed by atoms with Crippen molar-refractivity contribution in [3.63, 3.8) is 0 Å². The zero-order valence-electron chi connectivity index (χ0n) is 13.2. The summed E-state index contributed by atoms with van der Waals surface area (Å²) in [5.74, 6) is -0.717. The van der Waals surface area contributed by atoms with Crippen LogP contribution in [-0.4, -0.2) is 25.2 Å². The van der Waals surface area contributed by atoms with Gasteiger partial charge >= 0.3 is 0 Å². The van der Waals surface area contributed by atoms with E-state index in [0.29, 0.717) is 6.42 Å². The van der Waals surface area contributed by atoms with Crippen molar-refractivity contribution in [3.8, 4) is 0 Å². The van der Waals surface area contributed by atoms with Crippen molar-refractivity contribution < 1.29 is 13.2 Å². The van der Waals surface area contributed by atoms with Crippen LogP contribution >= 0.6 is 0 Å². The maximum Gasteiger partial charge on any atom is 0.266 e. The molecule has 23 heavy (non-hydrogen) atoms. The lowest BCUT2D eigenvalue weighted by molar-refractivity contribution is -0.124. The van der Waals surface area contributed by atoms with Gasteiger partial charge in [-0.25, -0.2) is 12.7 Å². The first kappa shape index (κ1) is 15.7. The fraction of sp³-hybridized carbons (Fsp3) is 0.278. The van der Waals surface area contributed by atoms with E-state index in [1.807, 2.05) is 38.1 Å². The Morgan fingerprint density at radius 3 is 2.00 bits per heavy atom. The molecule has 0 radical (unpaired) electrons. The molecule has 4 nitrogen and oxygen atoms in total. The van der Waals surface area contributed by atoms with Gasteiger partial charge in [-0.05, 0) is 38.0 Å². The molecule has 1 fully saturated rings. The Bertz CT molecular complexity index is 824. The third kappa shape index (κ3) is 2.88. The van der Waals surface area contributed by atoms with E-state index in [1.165, 1.54) is 0 Å². The lowest BCUT2D eigenvalue weighted by Crippen LogP contribution is -2.33. The number of benzene rings is 2. The van der Waals surface area contributed by atoms with Crippen molar-refractivity contribution in [2.75, 3.05) is 6.54 Å². The minimum absolute atomic E-state index is 0.168. The number of sulfonamides is 1. The largest absolute Gasteiger partial charge is 0.273 e. The van der Waals surface area contributed by atoms with Crippen LogP contribution in [0.4, 0.5) is 0 Å². The highest BCUT2D eigenvalue weighted by atomic mass is 32.2. The van der Waals surface area contributed by atoms with Crippen LogP contribution in [-0.2, 0) is 14.8 Å². The van der Waals surface area contributed by atoms with Gasteiger partial charge < -0.3 is 0 Å². The summed E-state index contributed by atoms with van der Waals surface area (Å²) in [4.78, 5) is 12.8. The molecule has 1 heterocycles. The van der Waals surface area contributed by atoms with Gasteiger partial charge in [-0.1, -0.05) is 47.5 Å². The molecule has 1 unspecified atom stereocenters. The summed E-state index contributed by atoms with van der Waals surface area (Å²) in [5, 5.41) is 0. The van der Waals surface area contributed by atoms with E-state index in [4.69, 9.17) is 0 Å². The number of carbonyl (C=O) groups excluding carboxylic acids is 1. The molecule has 1 amide bonds. The second-order valence-electron chi connectivity index (χ2n) is 5.98. The van der Waals surface area contributed by atoms with Crippen molar-refractivity contribution >= 4 is 15.9 Å². The van der Waals surface area contributed by atoms with Crippen LogP contribution in [0.1, 0.15) is 29.0 Å². The molecule has 0 N–H and O–H groups in total. The van der Waals surface area contributed by atoms with E-state index in [2.05, 4.69) is 0 Å². The van der Waals surface area contributed by atoms with Crippen molar-refractivity contribution in [1.29, 1.82) is 0 Å². The van der Waals surface area contributed by atoms with Gasteiger partial charge in [-0.2, -0.15) is 0 Å². The van der Waals surface area contributed by atoms with Crippen molar-refractivity contribution in [3.05, 3.63) is 65.2 Å². The van der Waals surface area contributed by atoms with Crippen LogP contribution in [0, 0.1) is 13.8 Å². The Balaban J connectivity index is 1.89. The van der Waals surface area contributed by atoms with Crippen molar-refractivity contribution in [2.45, 2.75) is 31.1 Å². The Labute approximate surface area is 136 Å². The molecule has 0 bridgehead atoms.